The van der Waals surface area contributed by atoms with Crippen molar-refractivity contribution in [1.29, 1.82) is 0 Å². The molecule has 0 aliphatic carbocycles. The Morgan fingerprint density at radius 2 is 1.50 bits per heavy atom. The van der Waals surface area contributed by atoms with Crippen LogP contribution in [0.4, 0.5) is 35.0 Å². The Kier molecular flexibility index (Phi) is 11.5. The highest BCUT2D eigenvalue weighted by Crippen LogP contribution is 2.35. The molecule has 8 nitrogen and oxygen atoms in total. The Labute approximate surface area is 207 Å². The number of rotatable bonds is 5. The van der Waals surface area contributed by atoms with E-state index in [2.05, 4.69) is 34.1 Å². The molecule has 0 aliphatic heterocycles. The summed E-state index contributed by atoms with van der Waals surface area (Å²) in [5.41, 5.74) is 4.38. The molecule has 3 aromatic rings. The first-order chi connectivity index (χ1) is 17.2. The van der Waals surface area contributed by atoms with Crippen LogP contribution in [0.3, 0.4) is 0 Å². The number of amides is 3. The summed E-state index contributed by atoms with van der Waals surface area (Å²) in [6.07, 6.45) is -3.20. The molecule has 1 heterocycles. The molecule has 192 valence electrons. The van der Waals surface area contributed by atoms with Crippen LogP contribution >= 0.6 is 0 Å². The van der Waals surface area contributed by atoms with Crippen molar-refractivity contribution in [3.8, 4) is 11.5 Å². The van der Waals surface area contributed by atoms with Gasteiger partial charge in [-0.15, -0.1) is 13.2 Å². The monoisotopic (exact) mass is 503 g/mol. The van der Waals surface area contributed by atoms with Crippen molar-refractivity contribution in [1.82, 2.24) is 10.3 Å². The number of hydrogen-bond donors (Lipinski definition) is 4. The molecule has 1 aromatic heterocycles. The Balaban J connectivity index is 0.00000154. The van der Waals surface area contributed by atoms with Crippen LogP contribution < -0.4 is 26.4 Å². The van der Waals surface area contributed by atoms with Crippen molar-refractivity contribution in [2.75, 3.05) is 23.4 Å². The van der Waals surface area contributed by atoms with Gasteiger partial charge in [-0.3, -0.25) is 9.78 Å². The number of carbonyl (C=O) groups excluding carboxylic acids is 2. The van der Waals surface area contributed by atoms with E-state index < -0.39 is 23.5 Å². The van der Waals surface area contributed by atoms with Crippen molar-refractivity contribution in [3.05, 3.63) is 85.2 Å². The summed E-state index contributed by atoms with van der Waals surface area (Å²) in [5.74, 6) is 0.462. The van der Waals surface area contributed by atoms with Gasteiger partial charge in [0.15, 0.2) is 0 Å². The van der Waals surface area contributed by atoms with Crippen LogP contribution in [0.2, 0.25) is 0 Å². The van der Waals surface area contributed by atoms with Gasteiger partial charge in [0, 0.05) is 36.4 Å². The van der Waals surface area contributed by atoms with Gasteiger partial charge in [0.1, 0.15) is 17.2 Å². The molecule has 0 aliphatic rings. The second-order valence-electron chi connectivity index (χ2n) is 6.46. The predicted molar refractivity (Wildman–Crippen MR) is 135 cm³/mol. The van der Waals surface area contributed by atoms with Crippen molar-refractivity contribution < 1.29 is 27.5 Å². The van der Waals surface area contributed by atoms with Crippen LogP contribution in [0.5, 0.6) is 11.5 Å². The summed E-state index contributed by atoms with van der Waals surface area (Å²) in [6.45, 7) is 10.0. The molecule has 0 atom stereocenters. The molecule has 0 radical (unpaired) electrons. The van der Waals surface area contributed by atoms with E-state index >= 15 is 0 Å². The van der Waals surface area contributed by atoms with Crippen molar-refractivity contribution in [3.63, 3.8) is 0 Å². The summed E-state index contributed by atoms with van der Waals surface area (Å²) < 4.78 is 44.5. The van der Waals surface area contributed by atoms with Crippen molar-refractivity contribution in [2.45, 2.75) is 20.0 Å². The van der Waals surface area contributed by atoms with E-state index in [1.54, 1.807) is 30.3 Å². The number of benzene rings is 2. The normalized spacial score (nSPS) is 9.94. The highest BCUT2D eigenvalue weighted by atomic mass is 19.4. The number of nitrogen functional groups attached to an aromatic ring is 1. The first kappa shape index (κ1) is 29.5. The molecule has 36 heavy (non-hydrogen) atoms. The van der Waals surface area contributed by atoms with Crippen LogP contribution in [0.1, 0.15) is 29.9 Å². The number of aromatic nitrogens is 1. The number of halogens is 3. The lowest BCUT2D eigenvalue weighted by Gasteiger charge is -2.13. The van der Waals surface area contributed by atoms with Gasteiger partial charge in [0.2, 0.25) is 0 Å². The number of anilines is 3. The molecule has 3 rings (SSSR count). The van der Waals surface area contributed by atoms with E-state index in [4.69, 9.17) is 10.5 Å². The molecule has 0 unspecified atom stereocenters. The van der Waals surface area contributed by atoms with Crippen LogP contribution in [0.15, 0.2) is 74.0 Å². The number of ether oxygens (including phenoxy) is 1. The average molecular weight is 504 g/mol. The number of urea groups is 1. The van der Waals surface area contributed by atoms with Crippen LogP contribution in [-0.4, -0.2) is 24.0 Å². The quantitative estimate of drug-likeness (QED) is 0.240. The molecule has 0 spiro atoms. The number of nitrogens with zero attached hydrogens (tertiary/aromatic N) is 1. The Bertz CT molecular complexity index is 1150. The first-order valence-corrected chi connectivity index (χ1v) is 10.7. The fourth-order valence-corrected chi connectivity index (χ4v) is 2.64. The molecule has 0 fully saturated rings. The van der Waals surface area contributed by atoms with Gasteiger partial charge in [-0.05, 0) is 48.5 Å². The molecule has 3 amide bonds. The Morgan fingerprint density at radius 3 is 2.08 bits per heavy atom. The number of pyridine rings is 1. The Hall–Kier alpha value is -4.54. The molecular formula is C25H28F3N5O3. The molecule has 0 bridgehead atoms. The average Bonchev–Trinajstić information content (AvgIpc) is 2.88. The minimum Gasteiger partial charge on any atom is -0.457 e. The van der Waals surface area contributed by atoms with E-state index in [1.807, 2.05) is 13.8 Å². The maximum absolute atomic E-state index is 12.9. The summed E-state index contributed by atoms with van der Waals surface area (Å²) in [7, 11) is 1.49. The van der Waals surface area contributed by atoms with Gasteiger partial charge >= 0.3 is 12.2 Å². The predicted octanol–water partition coefficient (Wildman–Crippen LogP) is 6.31. The third-order valence-corrected chi connectivity index (χ3v) is 4.16. The third-order valence-electron chi connectivity index (χ3n) is 4.16. The fourth-order valence-electron chi connectivity index (χ4n) is 2.64. The maximum atomic E-state index is 12.9. The lowest BCUT2D eigenvalue weighted by atomic mass is 10.1. The lowest BCUT2D eigenvalue weighted by molar-refractivity contribution is -0.136. The van der Waals surface area contributed by atoms with E-state index in [0.29, 0.717) is 17.2 Å². The second kappa shape index (κ2) is 14.0. The minimum absolute atomic E-state index is 0.0615. The smallest absolute Gasteiger partial charge is 0.418 e. The van der Waals surface area contributed by atoms with E-state index in [0.717, 1.165) is 12.1 Å². The fraction of sp³-hybridized carbons (Fsp3) is 0.160. The first-order valence-electron chi connectivity index (χ1n) is 10.7. The number of hydrogen-bond acceptors (Lipinski definition) is 5. The zero-order valence-corrected chi connectivity index (χ0v) is 20.1. The third kappa shape index (κ3) is 8.67. The number of nitrogens with two attached hydrogens (primary N) is 1. The molecule has 0 saturated carbocycles. The molecular weight excluding hydrogens is 475 g/mol. The minimum atomic E-state index is -4.63. The summed E-state index contributed by atoms with van der Waals surface area (Å²) in [6, 6.07) is 11.6. The zero-order chi connectivity index (χ0) is 27.3. The highest BCUT2D eigenvalue weighted by Gasteiger charge is 2.33. The van der Waals surface area contributed by atoms with Gasteiger partial charge in [0.05, 0.1) is 5.56 Å². The van der Waals surface area contributed by atoms with Crippen LogP contribution in [0.25, 0.3) is 0 Å². The molecule has 0 saturated heterocycles. The molecule has 5 N–H and O–H groups in total. The van der Waals surface area contributed by atoms with Gasteiger partial charge in [0.25, 0.3) is 5.91 Å². The maximum Gasteiger partial charge on any atom is 0.418 e. The largest absolute Gasteiger partial charge is 0.457 e. The van der Waals surface area contributed by atoms with E-state index in [1.165, 1.54) is 25.4 Å². The zero-order valence-electron chi connectivity index (χ0n) is 20.1. The number of nitrogens with one attached hydrogen (secondary N) is 3. The second-order valence-corrected chi connectivity index (χ2v) is 6.46. The van der Waals surface area contributed by atoms with E-state index in [9.17, 15) is 22.8 Å². The van der Waals surface area contributed by atoms with Gasteiger partial charge in [-0.1, -0.05) is 13.8 Å². The summed E-state index contributed by atoms with van der Waals surface area (Å²) >= 11 is 0. The number of carbonyl (C=O) groups is 2. The van der Waals surface area contributed by atoms with Gasteiger partial charge in [-0.2, -0.15) is 13.2 Å². The standard InChI is InChI=1S/C21H18F3N5O3.C2H6.C2H4/c1-26-19(30)18-11-15(8-9-27-18)32-14-5-2-12(3-6-14)28-20(31)29-13-4-7-17(25)16(10-13)21(22,23)24;2*1-2/h2-11H,25H2,1H3,(H,26,30)(H2,28,29,31);1-2H3;1-2H2. The highest BCUT2D eigenvalue weighted by molar-refractivity contribution is 6.00. The van der Waals surface area contributed by atoms with Gasteiger partial charge < -0.3 is 26.4 Å². The SMILES string of the molecule is C=C.CC.CNC(=O)c1cc(Oc2ccc(NC(=O)Nc3ccc(N)c(C(F)(F)F)c3)cc2)ccn1. The molecule has 11 heteroatoms. The summed E-state index contributed by atoms with van der Waals surface area (Å²) in [4.78, 5) is 27.7. The topological polar surface area (TPSA) is 118 Å². The lowest BCUT2D eigenvalue weighted by Crippen LogP contribution is -2.20. The van der Waals surface area contributed by atoms with Crippen molar-refractivity contribution >= 4 is 29.0 Å². The van der Waals surface area contributed by atoms with Crippen molar-refractivity contribution in [2.24, 2.45) is 0 Å². The van der Waals surface area contributed by atoms with E-state index in [-0.39, 0.29) is 17.3 Å². The van der Waals surface area contributed by atoms with Crippen LogP contribution in [-0.2, 0) is 6.18 Å². The van der Waals surface area contributed by atoms with Crippen LogP contribution in [0, 0.1) is 0 Å². The Morgan fingerprint density at radius 1 is 0.917 bits per heavy atom. The summed E-state index contributed by atoms with van der Waals surface area (Å²) in [5, 5.41) is 7.29. The molecule has 2 aromatic carbocycles. The number of alkyl halides is 3. The van der Waals surface area contributed by atoms with Gasteiger partial charge in [-0.25, -0.2) is 4.79 Å².